The second-order valence-corrected chi connectivity index (χ2v) is 18.0. The van der Waals surface area contributed by atoms with Gasteiger partial charge in [-0.25, -0.2) is 0 Å². The fourth-order valence-corrected chi connectivity index (χ4v) is 13.0. The SMILES string of the molecule is CC(=O)O[C@@H](C1CCC2C(O1)C(=O)C1C3CCC4C(C)(C)[C@@H](OC5CN(C6COC6)CCO5)CCC45C[C@@]35CCC21C)C(C)(C)O.[HH]. The number of nitrogens with zero attached hydrogens (tertiary/aromatic N) is 1. The van der Waals surface area contributed by atoms with Gasteiger partial charge in [-0.1, -0.05) is 20.8 Å². The molecule has 9 heteroatoms. The number of Topliss-reactive ketones (excluding diaryl/α,β-unsaturated/α-hetero) is 1. The number of ketones is 1. The molecule has 8 aliphatic rings. The topological polar surface area (TPSA) is 104 Å². The third kappa shape index (κ3) is 4.53. The average Bonchev–Trinajstić information content (AvgIpc) is 3.57. The van der Waals surface area contributed by atoms with Crippen LogP contribution >= 0.6 is 0 Å². The number of carbonyl (C=O) groups excluding carboxylic acids is 2. The van der Waals surface area contributed by atoms with Gasteiger partial charge in [0.15, 0.2) is 18.2 Å². The number of aliphatic hydroxyl groups is 1. The zero-order valence-electron chi connectivity index (χ0n) is 28.9. The summed E-state index contributed by atoms with van der Waals surface area (Å²) in [6, 6.07) is 0.506. The molecular formula is C37H59NO8. The van der Waals surface area contributed by atoms with Gasteiger partial charge in [-0.3, -0.25) is 14.5 Å². The van der Waals surface area contributed by atoms with Gasteiger partial charge in [-0.2, -0.15) is 0 Å². The molecule has 0 aromatic rings. The Morgan fingerprint density at radius 1 is 1.04 bits per heavy atom. The summed E-state index contributed by atoms with van der Waals surface area (Å²) in [7, 11) is 0. The number of ether oxygens (including phenoxy) is 5. The highest BCUT2D eigenvalue weighted by molar-refractivity contribution is 5.90. The molecule has 0 bridgehead atoms. The summed E-state index contributed by atoms with van der Waals surface area (Å²) < 4.78 is 30.7. The van der Waals surface area contributed by atoms with Crippen molar-refractivity contribution in [2.24, 2.45) is 45.3 Å². The Kier molecular flexibility index (Phi) is 7.47. The Morgan fingerprint density at radius 2 is 1.80 bits per heavy atom. The van der Waals surface area contributed by atoms with Crippen LogP contribution < -0.4 is 0 Å². The van der Waals surface area contributed by atoms with Crippen LogP contribution in [0.4, 0.5) is 0 Å². The Bertz CT molecular complexity index is 1250. The van der Waals surface area contributed by atoms with Crippen molar-refractivity contribution in [3.05, 3.63) is 0 Å². The highest BCUT2D eigenvalue weighted by Gasteiger charge is 2.82. The second-order valence-electron chi connectivity index (χ2n) is 18.0. The van der Waals surface area contributed by atoms with Crippen LogP contribution in [0.1, 0.15) is 101 Å². The lowest BCUT2D eigenvalue weighted by molar-refractivity contribution is -0.253. The number of esters is 1. The maximum Gasteiger partial charge on any atom is 0.303 e. The van der Waals surface area contributed by atoms with Crippen molar-refractivity contribution in [1.29, 1.82) is 0 Å². The number of carbonyl (C=O) groups is 2. The Labute approximate surface area is 276 Å². The number of rotatable bonds is 6. The molecule has 5 saturated carbocycles. The molecule has 0 amide bonds. The minimum absolute atomic E-state index is 0. The van der Waals surface area contributed by atoms with Crippen LogP contribution in [0.2, 0.25) is 0 Å². The number of hydrogen-bond donors (Lipinski definition) is 1. The molecule has 8 rings (SSSR count). The van der Waals surface area contributed by atoms with E-state index in [1.807, 2.05) is 0 Å². The highest BCUT2D eigenvalue weighted by Crippen LogP contribution is 2.87. The fraction of sp³-hybridized carbons (Fsp3) is 0.946. The van der Waals surface area contributed by atoms with Gasteiger partial charge < -0.3 is 28.8 Å². The van der Waals surface area contributed by atoms with E-state index in [9.17, 15) is 14.7 Å². The predicted molar refractivity (Wildman–Crippen MR) is 171 cm³/mol. The molecule has 2 spiro atoms. The first kappa shape index (κ1) is 32.1. The molecule has 3 heterocycles. The van der Waals surface area contributed by atoms with E-state index in [4.69, 9.17) is 23.7 Å². The lowest BCUT2D eigenvalue weighted by Crippen LogP contribution is -2.58. The third-order valence-corrected chi connectivity index (χ3v) is 15.2. The predicted octanol–water partition coefficient (Wildman–Crippen LogP) is 4.76. The van der Waals surface area contributed by atoms with Crippen molar-refractivity contribution in [2.75, 3.05) is 32.9 Å². The molecular weight excluding hydrogens is 586 g/mol. The van der Waals surface area contributed by atoms with Crippen molar-refractivity contribution >= 4 is 11.8 Å². The van der Waals surface area contributed by atoms with Crippen LogP contribution in [0.3, 0.4) is 0 Å². The van der Waals surface area contributed by atoms with E-state index in [0.29, 0.717) is 29.7 Å². The van der Waals surface area contributed by atoms with Crippen LogP contribution in [0.5, 0.6) is 0 Å². The maximum atomic E-state index is 14.6. The Hall–Kier alpha value is -1.10. The lowest BCUT2D eigenvalue weighted by atomic mass is 9.46. The summed E-state index contributed by atoms with van der Waals surface area (Å²) in [6.07, 6.45) is 7.88. The monoisotopic (exact) mass is 645 g/mol. The van der Waals surface area contributed by atoms with Crippen molar-refractivity contribution in [3.63, 3.8) is 0 Å². The molecule has 9 unspecified atom stereocenters. The zero-order chi connectivity index (χ0) is 32.4. The molecule has 5 aliphatic carbocycles. The van der Waals surface area contributed by atoms with Crippen LogP contribution in [0.15, 0.2) is 0 Å². The third-order valence-electron chi connectivity index (χ3n) is 15.2. The zero-order valence-corrected chi connectivity index (χ0v) is 28.9. The molecule has 3 saturated heterocycles. The molecule has 9 nitrogen and oxygen atoms in total. The fourth-order valence-electron chi connectivity index (χ4n) is 13.0. The van der Waals surface area contributed by atoms with Crippen LogP contribution in [0, 0.1) is 45.3 Å². The number of morpholine rings is 1. The van der Waals surface area contributed by atoms with Crippen molar-refractivity contribution in [3.8, 4) is 0 Å². The van der Waals surface area contributed by atoms with Crippen molar-refractivity contribution in [1.82, 2.24) is 4.90 Å². The second kappa shape index (κ2) is 10.7. The Balaban J connectivity index is 0.00000351. The standard InChI is InChI=1S/C37H57NO8.H2/c1-21(39)44-32(34(4,5)41)25-9-7-24-31(45-25)30(40)29-23-8-10-26-33(2,3)27(46-28-17-38(15-16-43-28)22-18-42-19-22)11-12-37(26)20-36(23,37)14-13-35(24,29)6;/h22-29,31-32,41H,7-20H2,1-6H3;1H/t23?,24?,25?,26?,27-,28?,29?,31?,32-,35?,36-,37?;/m0./s1. The van der Waals surface area contributed by atoms with E-state index in [1.165, 1.54) is 26.2 Å². The summed E-state index contributed by atoms with van der Waals surface area (Å²) in [4.78, 5) is 29.0. The van der Waals surface area contributed by atoms with Gasteiger partial charge in [0.05, 0.1) is 50.2 Å². The van der Waals surface area contributed by atoms with Gasteiger partial charge in [-0.05, 0) is 111 Å². The summed E-state index contributed by atoms with van der Waals surface area (Å²) in [5.41, 5.74) is -0.710. The van der Waals surface area contributed by atoms with E-state index in [1.54, 1.807) is 13.8 Å². The smallest absolute Gasteiger partial charge is 0.303 e. The molecule has 0 aromatic carbocycles. The quantitative estimate of drug-likeness (QED) is 0.410. The Morgan fingerprint density at radius 3 is 2.50 bits per heavy atom. The summed E-state index contributed by atoms with van der Waals surface area (Å²) >= 11 is 0. The summed E-state index contributed by atoms with van der Waals surface area (Å²) in [5, 5.41) is 10.9. The molecule has 0 aromatic heterocycles. The van der Waals surface area contributed by atoms with Gasteiger partial charge in [0.25, 0.3) is 0 Å². The van der Waals surface area contributed by atoms with E-state index in [-0.39, 0.29) is 47.7 Å². The van der Waals surface area contributed by atoms with Crippen LogP contribution in [0.25, 0.3) is 0 Å². The van der Waals surface area contributed by atoms with E-state index < -0.39 is 29.9 Å². The lowest BCUT2D eigenvalue weighted by Gasteiger charge is -2.59. The normalized spacial score (nSPS) is 49.0. The number of fused-ring (bicyclic) bond motifs is 4. The average molecular weight is 646 g/mol. The molecule has 1 N–H and O–H groups in total. The minimum Gasteiger partial charge on any atom is -0.457 e. The van der Waals surface area contributed by atoms with Crippen LogP contribution in [-0.2, 0) is 33.3 Å². The van der Waals surface area contributed by atoms with Gasteiger partial charge in [0.2, 0.25) is 0 Å². The molecule has 260 valence electrons. The van der Waals surface area contributed by atoms with Crippen molar-refractivity contribution in [2.45, 2.75) is 142 Å². The highest BCUT2D eigenvalue weighted by atomic mass is 16.7. The van der Waals surface area contributed by atoms with E-state index in [0.717, 1.165) is 65.0 Å². The first-order chi connectivity index (χ1) is 21.7. The van der Waals surface area contributed by atoms with Gasteiger partial charge in [0.1, 0.15) is 6.10 Å². The largest absolute Gasteiger partial charge is 0.457 e. The molecule has 12 atom stereocenters. The minimum atomic E-state index is -1.26. The molecule has 8 fully saturated rings. The van der Waals surface area contributed by atoms with E-state index >= 15 is 0 Å². The maximum absolute atomic E-state index is 14.6. The van der Waals surface area contributed by atoms with Crippen molar-refractivity contribution < 1.29 is 39.8 Å². The van der Waals surface area contributed by atoms with Gasteiger partial charge >= 0.3 is 5.97 Å². The van der Waals surface area contributed by atoms with Gasteiger partial charge in [-0.15, -0.1) is 0 Å². The van der Waals surface area contributed by atoms with Gasteiger partial charge in [0, 0.05) is 20.8 Å². The van der Waals surface area contributed by atoms with Crippen LogP contribution in [-0.4, -0.2) is 97.0 Å². The summed E-state index contributed by atoms with van der Waals surface area (Å²) in [5.74, 6) is 1.07. The van der Waals surface area contributed by atoms with E-state index in [2.05, 4.69) is 25.7 Å². The summed E-state index contributed by atoms with van der Waals surface area (Å²) in [6.45, 7) is 16.1. The molecule has 0 radical (unpaired) electrons. The molecule has 46 heavy (non-hydrogen) atoms. The molecule has 3 aliphatic heterocycles. The number of hydrogen-bond acceptors (Lipinski definition) is 9. The first-order valence-electron chi connectivity index (χ1n) is 18.4. The first-order valence-corrected chi connectivity index (χ1v) is 18.4.